The summed E-state index contributed by atoms with van der Waals surface area (Å²) in [7, 11) is 1.65. The van der Waals surface area contributed by atoms with Gasteiger partial charge in [-0.05, 0) is 35.7 Å². The van der Waals surface area contributed by atoms with E-state index in [9.17, 15) is 4.79 Å². The highest BCUT2D eigenvalue weighted by molar-refractivity contribution is 7.16. The number of amides is 1. The second-order valence-electron chi connectivity index (χ2n) is 6.34. The van der Waals surface area contributed by atoms with Crippen molar-refractivity contribution in [2.75, 3.05) is 20.1 Å². The number of aromatic nitrogens is 2. The average Bonchev–Trinajstić information content (AvgIpc) is 3.02. The van der Waals surface area contributed by atoms with Crippen LogP contribution in [0, 0.1) is 0 Å². The first-order valence-corrected chi connectivity index (χ1v) is 9.35. The minimum Gasteiger partial charge on any atom is -0.355 e. The van der Waals surface area contributed by atoms with E-state index in [-0.39, 0.29) is 5.91 Å². The van der Waals surface area contributed by atoms with Crippen molar-refractivity contribution in [2.45, 2.75) is 19.4 Å². The van der Waals surface area contributed by atoms with Gasteiger partial charge in [0.15, 0.2) is 0 Å². The first-order chi connectivity index (χ1) is 12.2. The van der Waals surface area contributed by atoms with E-state index in [2.05, 4.69) is 38.4 Å². The minimum atomic E-state index is -0.0760. The van der Waals surface area contributed by atoms with E-state index in [1.54, 1.807) is 24.6 Å². The summed E-state index contributed by atoms with van der Waals surface area (Å²) in [5, 5.41) is 2.66. The lowest BCUT2D eigenvalue weighted by atomic mass is 10.1. The van der Waals surface area contributed by atoms with Crippen LogP contribution in [0.3, 0.4) is 0 Å². The zero-order valence-corrected chi connectivity index (χ0v) is 15.0. The average molecular weight is 352 g/mol. The fraction of sp³-hybridized carbons (Fsp3) is 0.316. The van der Waals surface area contributed by atoms with Crippen LogP contribution in [0.2, 0.25) is 0 Å². The van der Waals surface area contributed by atoms with Crippen molar-refractivity contribution in [3.05, 3.63) is 58.4 Å². The van der Waals surface area contributed by atoms with Crippen molar-refractivity contribution in [1.29, 1.82) is 0 Å². The molecule has 0 saturated heterocycles. The van der Waals surface area contributed by atoms with E-state index >= 15 is 0 Å². The molecular weight excluding hydrogens is 332 g/mol. The smallest absolute Gasteiger partial charge is 0.252 e. The Morgan fingerprint density at radius 1 is 1.24 bits per heavy atom. The third-order valence-corrected chi connectivity index (χ3v) is 5.52. The molecule has 25 heavy (non-hydrogen) atoms. The molecule has 0 radical (unpaired) electrons. The highest BCUT2D eigenvalue weighted by Gasteiger charge is 2.17. The number of hydrogen-bond acceptors (Lipinski definition) is 5. The van der Waals surface area contributed by atoms with Gasteiger partial charge in [-0.3, -0.25) is 14.7 Å². The van der Waals surface area contributed by atoms with Crippen LogP contribution in [0.4, 0.5) is 0 Å². The zero-order valence-electron chi connectivity index (χ0n) is 14.2. The number of nitrogens with zero attached hydrogens (tertiary/aromatic N) is 3. The van der Waals surface area contributed by atoms with Gasteiger partial charge in [-0.25, -0.2) is 4.98 Å². The Hall–Kier alpha value is -2.31. The van der Waals surface area contributed by atoms with Crippen molar-refractivity contribution in [3.63, 3.8) is 0 Å². The van der Waals surface area contributed by atoms with Crippen molar-refractivity contribution in [2.24, 2.45) is 0 Å². The molecule has 1 amide bonds. The number of fused-ring (bicyclic) bond motifs is 2. The molecule has 128 valence electrons. The quantitative estimate of drug-likeness (QED) is 0.787. The monoisotopic (exact) mass is 352 g/mol. The lowest BCUT2D eigenvalue weighted by Gasteiger charge is -2.19. The van der Waals surface area contributed by atoms with Crippen LogP contribution < -0.4 is 5.32 Å². The first kappa shape index (κ1) is 16.2. The Kier molecular flexibility index (Phi) is 4.46. The van der Waals surface area contributed by atoms with Gasteiger partial charge in [0.2, 0.25) is 0 Å². The van der Waals surface area contributed by atoms with Gasteiger partial charge in [-0.2, -0.15) is 0 Å². The van der Waals surface area contributed by atoms with Gasteiger partial charge < -0.3 is 5.32 Å². The normalized spacial score (nSPS) is 14.9. The number of benzene rings is 1. The number of carbonyl (C=O) groups is 1. The number of nitrogens with one attached hydrogen (secondary N) is 1. The van der Waals surface area contributed by atoms with E-state index in [0.29, 0.717) is 5.56 Å². The Morgan fingerprint density at radius 3 is 3.00 bits per heavy atom. The molecule has 0 spiro atoms. The van der Waals surface area contributed by atoms with E-state index in [0.717, 1.165) is 43.7 Å². The Morgan fingerprint density at radius 2 is 2.12 bits per heavy atom. The van der Waals surface area contributed by atoms with Crippen LogP contribution in [-0.4, -0.2) is 40.9 Å². The zero-order chi connectivity index (χ0) is 17.2. The fourth-order valence-electron chi connectivity index (χ4n) is 3.32. The Labute approximate surface area is 150 Å². The maximum atomic E-state index is 11.8. The van der Waals surface area contributed by atoms with E-state index in [1.165, 1.54) is 15.8 Å². The van der Waals surface area contributed by atoms with E-state index in [1.807, 2.05) is 11.6 Å². The summed E-state index contributed by atoms with van der Waals surface area (Å²) in [6.45, 7) is 2.87. The molecule has 1 aliphatic heterocycles. The molecule has 1 aromatic carbocycles. The largest absolute Gasteiger partial charge is 0.355 e. The number of pyridine rings is 1. The number of rotatable bonds is 3. The van der Waals surface area contributed by atoms with Gasteiger partial charge in [0.25, 0.3) is 5.91 Å². The maximum Gasteiger partial charge on any atom is 0.252 e. The molecule has 0 unspecified atom stereocenters. The van der Waals surface area contributed by atoms with Gasteiger partial charge in [0.1, 0.15) is 0 Å². The summed E-state index contributed by atoms with van der Waals surface area (Å²) in [6.07, 6.45) is 3.53. The first-order valence-electron chi connectivity index (χ1n) is 8.47. The van der Waals surface area contributed by atoms with Crippen LogP contribution in [0.1, 0.15) is 27.2 Å². The number of thiazole rings is 1. The molecule has 4 rings (SSSR count). The summed E-state index contributed by atoms with van der Waals surface area (Å²) < 4.78 is 1.23. The molecule has 3 heterocycles. The van der Waals surface area contributed by atoms with Gasteiger partial charge in [-0.1, -0.05) is 6.07 Å². The predicted molar refractivity (Wildman–Crippen MR) is 99.9 cm³/mol. The van der Waals surface area contributed by atoms with E-state index < -0.39 is 0 Å². The van der Waals surface area contributed by atoms with Crippen LogP contribution in [-0.2, 0) is 19.4 Å². The SMILES string of the molecule is CNC(=O)c1cnc2c(c1)CCN(Cc1ccc3scnc3c1)CC2. The van der Waals surface area contributed by atoms with Crippen molar-refractivity contribution in [1.82, 2.24) is 20.2 Å². The standard InChI is InChI=1S/C19H20N4OS/c1-20-19(24)15-9-14-4-6-23(7-5-16(14)21-10-15)11-13-2-3-18-17(8-13)22-12-25-18/h2-3,8-10,12H,4-7,11H2,1H3,(H,20,24). The summed E-state index contributed by atoms with van der Waals surface area (Å²) in [5.74, 6) is -0.0760. The van der Waals surface area contributed by atoms with E-state index in [4.69, 9.17) is 0 Å². The molecule has 0 saturated carbocycles. The van der Waals surface area contributed by atoms with Gasteiger partial charge >= 0.3 is 0 Å². The number of carbonyl (C=O) groups excluding carboxylic acids is 1. The topological polar surface area (TPSA) is 58.1 Å². The maximum absolute atomic E-state index is 11.8. The summed E-state index contributed by atoms with van der Waals surface area (Å²) in [6, 6.07) is 8.53. The molecule has 0 aliphatic carbocycles. The molecule has 2 aromatic heterocycles. The second-order valence-corrected chi connectivity index (χ2v) is 7.23. The van der Waals surface area contributed by atoms with Crippen LogP contribution in [0.25, 0.3) is 10.2 Å². The van der Waals surface area contributed by atoms with Crippen LogP contribution >= 0.6 is 11.3 Å². The van der Waals surface area contributed by atoms with Crippen LogP contribution in [0.5, 0.6) is 0 Å². The molecule has 5 nitrogen and oxygen atoms in total. The molecular formula is C19H20N4OS. The Balaban J connectivity index is 1.48. The van der Waals surface area contributed by atoms with Crippen molar-refractivity contribution in [3.8, 4) is 0 Å². The Bertz CT molecular complexity index is 921. The predicted octanol–water partition coefficient (Wildman–Crippen LogP) is 2.65. The van der Waals surface area contributed by atoms with Gasteiger partial charge in [0, 0.05) is 45.0 Å². The highest BCUT2D eigenvalue weighted by Crippen LogP contribution is 2.21. The van der Waals surface area contributed by atoms with Crippen molar-refractivity contribution < 1.29 is 4.79 Å². The third-order valence-electron chi connectivity index (χ3n) is 4.71. The molecule has 0 atom stereocenters. The minimum absolute atomic E-state index is 0.0760. The molecule has 1 N–H and O–H groups in total. The summed E-state index contributed by atoms with van der Waals surface area (Å²) in [5.41, 5.74) is 7.22. The van der Waals surface area contributed by atoms with Gasteiger partial charge in [0.05, 0.1) is 21.3 Å². The lowest BCUT2D eigenvalue weighted by molar-refractivity contribution is 0.0962. The van der Waals surface area contributed by atoms with Gasteiger partial charge in [-0.15, -0.1) is 11.3 Å². The highest BCUT2D eigenvalue weighted by atomic mass is 32.1. The fourth-order valence-corrected chi connectivity index (χ4v) is 3.98. The molecule has 0 bridgehead atoms. The summed E-state index contributed by atoms with van der Waals surface area (Å²) in [4.78, 5) is 23.2. The molecule has 1 aliphatic rings. The molecule has 6 heteroatoms. The molecule has 3 aromatic rings. The summed E-state index contributed by atoms with van der Waals surface area (Å²) >= 11 is 1.68. The molecule has 0 fully saturated rings. The van der Waals surface area contributed by atoms with Crippen molar-refractivity contribution >= 4 is 27.5 Å². The van der Waals surface area contributed by atoms with Crippen LogP contribution in [0.15, 0.2) is 36.0 Å². The number of hydrogen-bond donors (Lipinski definition) is 1. The lowest BCUT2D eigenvalue weighted by Crippen LogP contribution is -2.25. The third kappa shape index (κ3) is 3.41. The second kappa shape index (κ2) is 6.90.